The van der Waals surface area contributed by atoms with E-state index in [1.165, 1.54) is 0 Å². The molecule has 0 radical (unpaired) electrons. The van der Waals surface area contributed by atoms with E-state index in [0.29, 0.717) is 5.56 Å². The number of carbonyl (C=O) groups excluding carboxylic acids is 1. The second kappa shape index (κ2) is 5.13. The summed E-state index contributed by atoms with van der Waals surface area (Å²) < 4.78 is 0. The van der Waals surface area contributed by atoms with E-state index in [1.807, 2.05) is 18.2 Å². The van der Waals surface area contributed by atoms with Crippen molar-refractivity contribution in [3.05, 3.63) is 35.4 Å². The summed E-state index contributed by atoms with van der Waals surface area (Å²) in [5, 5.41) is 0. The van der Waals surface area contributed by atoms with Crippen LogP contribution in [0.2, 0.25) is 0 Å². The van der Waals surface area contributed by atoms with E-state index < -0.39 is 5.50 Å². The number of carbonyl (C=O) groups is 1. The van der Waals surface area contributed by atoms with Crippen molar-refractivity contribution in [1.82, 2.24) is 0 Å². The second-order valence-electron chi connectivity index (χ2n) is 3.22. The molecule has 0 amide bonds. The van der Waals surface area contributed by atoms with Gasteiger partial charge in [0.25, 0.3) is 0 Å². The minimum absolute atomic E-state index is 0.218. The molecule has 0 bridgehead atoms. The molecule has 1 aromatic rings. The van der Waals surface area contributed by atoms with Crippen LogP contribution in [0.4, 0.5) is 0 Å². The van der Waals surface area contributed by atoms with Crippen molar-refractivity contribution in [2.45, 2.75) is 25.3 Å². The number of alkyl halides is 1. The molecule has 14 heavy (non-hydrogen) atoms. The maximum atomic E-state index is 11.4. The van der Waals surface area contributed by atoms with E-state index in [4.69, 9.17) is 17.3 Å². The van der Waals surface area contributed by atoms with Crippen molar-refractivity contribution in [2.24, 2.45) is 5.73 Å². The van der Waals surface area contributed by atoms with Crippen LogP contribution in [0.1, 0.15) is 29.3 Å². The molecule has 0 saturated heterocycles. The Balaban J connectivity index is 2.88. The van der Waals surface area contributed by atoms with Gasteiger partial charge in [-0.2, -0.15) is 0 Å². The van der Waals surface area contributed by atoms with Gasteiger partial charge in [-0.3, -0.25) is 4.79 Å². The maximum absolute atomic E-state index is 11.4. The third-order valence-corrected chi connectivity index (χ3v) is 2.20. The van der Waals surface area contributed by atoms with E-state index >= 15 is 0 Å². The van der Waals surface area contributed by atoms with Gasteiger partial charge in [0.1, 0.15) is 5.50 Å². The quantitative estimate of drug-likeness (QED) is 0.472. The summed E-state index contributed by atoms with van der Waals surface area (Å²) in [6, 6.07) is 7.45. The number of benzene rings is 1. The standard InChI is InChI=1S/C11H14ClNO/c1-2-4-8-5-3-6-9(7-8)10(14)11(12)13/h3,5-7,11H,2,4,13H2,1H3. The number of hydrogen-bond donors (Lipinski definition) is 1. The lowest BCUT2D eigenvalue weighted by Crippen LogP contribution is -2.24. The maximum Gasteiger partial charge on any atom is 0.194 e. The van der Waals surface area contributed by atoms with Crippen LogP contribution in [0.25, 0.3) is 0 Å². The third-order valence-electron chi connectivity index (χ3n) is 2.00. The van der Waals surface area contributed by atoms with Gasteiger partial charge in [0.15, 0.2) is 5.78 Å². The monoisotopic (exact) mass is 211 g/mol. The van der Waals surface area contributed by atoms with Crippen LogP contribution in [0.3, 0.4) is 0 Å². The molecule has 0 aliphatic heterocycles. The molecular weight excluding hydrogens is 198 g/mol. The van der Waals surface area contributed by atoms with Crippen LogP contribution >= 0.6 is 11.6 Å². The van der Waals surface area contributed by atoms with E-state index in [2.05, 4.69) is 6.92 Å². The van der Waals surface area contributed by atoms with Gasteiger partial charge in [0, 0.05) is 5.56 Å². The average Bonchev–Trinajstić information content (AvgIpc) is 2.17. The van der Waals surface area contributed by atoms with Gasteiger partial charge in [-0.25, -0.2) is 0 Å². The summed E-state index contributed by atoms with van der Waals surface area (Å²) in [6.07, 6.45) is 2.03. The highest BCUT2D eigenvalue weighted by molar-refractivity contribution is 6.33. The first kappa shape index (κ1) is 11.2. The van der Waals surface area contributed by atoms with E-state index in [-0.39, 0.29) is 5.78 Å². The molecule has 1 unspecified atom stereocenters. The predicted molar refractivity (Wildman–Crippen MR) is 58.6 cm³/mol. The molecule has 0 aromatic heterocycles. The van der Waals surface area contributed by atoms with E-state index in [0.717, 1.165) is 18.4 Å². The Morgan fingerprint density at radius 3 is 2.86 bits per heavy atom. The minimum Gasteiger partial charge on any atom is -0.309 e. The molecule has 0 fully saturated rings. The van der Waals surface area contributed by atoms with Gasteiger partial charge in [-0.05, 0) is 18.1 Å². The topological polar surface area (TPSA) is 43.1 Å². The summed E-state index contributed by atoms with van der Waals surface area (Å²) in [5.74, 6) is -0.218. The zero-order chi connectivity index (χ0) is 10.6. The smallest absolute Gasteiger partial charge is 0.194 e. The van der Waals surface area contributed by atoms with Crippen LogP contribution in [0, 0.1) is 0 Å². The van der Waals surface area contributed by atoms with Crippen molar-refractivity contribution in [2.75, 3.05) is 0 Å². The molecule has 0 aliphatic rings. The molecule has 1 atom stereocenters. The van der Waals surface area contributed by atoms with Crippen LogP contribution in [0.5, 0.6) is 0 Å². The fourth-order valence-electron chi connectivity index (χ4n) is 1.33. The first-order valence-corrected chi connectivity index (χ1v) is 5.11. The summed E-state index contributed by atoms with van der Waals surface area (Å²) >= 11 is 5.52. The molecule has 2 N–H and O–H groups in total. The zero-order valence-electron chi connectivity index (χ0n) is 8.16. The number of Topliss-reactive ketones (excluding diaryl/α,β-unsaturated/α-hetero) is 1. The van der Waals surface area contributed by atoms with Crippen LogP contribution in [-0.4, -0.2) is 11.3 Å². The van der Waals surface area contributed by atoms with Crippen LogP contribution in [0.15, 0.2) is 24.3 Å². The Bertz CT molecular complexity index is 323. The molecule has 1 rings (SSSR count). The molecule has 2 nitrogen and oxygen atoms in total. The van der Waals surface area contributed by atoms with Gasteiger partial charge in [0.05, 0.1) is 0 Å². The van der Waals surface area contributed by atoms with Crippen molar-refractivity contribution < 1.29 is 4.79 Å². The Labute approximate surface area is 89.1 Å². The van der Waals surface area contributed by atoms with Gasteiger partial charge >= 0.3 is 0 Å². The summed E-state index contributed by atoms with van der Waals surface area (Å²) in [6.45, 7) is 2.10. The van der Waals surface area contributed by atoms with Crippen molar-refractivity contribution in [3.63, 3.8) is 0 Å². The molecule has 0 aliphatic carbocycles. The molecule has 76 valence electrons. The molecule has 0 saturated carbocycles. The Hall–Kier alpha value is -0.860. The normalized spacial score (nSPS) is 12.5. The van der Waals surface area contributed by atoms with Gasteiger partial charge in [-0.15, -0.1) is 0 Å². The largest absolute Gasteiger partial charge is 0.309 e. The van der Waals surface area contributed by atoms with Crippen LogP contribution in [-0.2, 0) is 6.42 Å². The molecular formula is C11H14ClNO. The summed E-state index contributed by atoms with van der Waals surface area (Å²) in [5.41, 5.74) is 6.11. The highest BCUT2D eigenvalue weighted by Gasteiger charge is 2.12. The molecule has 1 aromatic carbocycles. The number of hydrogen-bond acceptors (Lipinski definition) is 2. The Kier molecular flexibility index (Phi) is 4.11. The molecule has 0 spiro atoms. The number of halogens is 1. The van der Waals surface area contributed by atoms with Crippen molar-refractivity contribution in [3.8, 4) is 0 Å². The lowest BCUT2D eigenvalue weighted by atomic mass is 10.0. The molecule has 3 heteroatoms. The van der Waals surface area contributed by atoms with Crippen LogP contribution < -0.4 is 5.73 Å². The third kappa shape index (κ3) is 2.82. The van der Waals surface area contributed by atoms with Crippen molar-refractivity contribution >= 4 is 17.4 Å². The van der Waals surface area contributed by atoms with Gasteiger partial charge < -0.3 is 5.73 Å². The number of rotatable bonds is 4. The minimum atomic E-state index is -0.938. The van der Waals surface area contributed by atoms with Gasteiger partial charge in [0.2, 0.25) is 0 Å². The van der Waals surface area contributed by atoms with E-state index in [9.17, 15) is 4.79 Å². The zero-order valence-corrected chi connectivity index (χ0v) is 8.92. The van der Waals surface area contributed by atoms with E-state index in [1.54, 1.807) is 6.07 Å². The first-order chi connectivity index (χ1) is 6.65. The first-order valence-electron chi connectivity index (χ1n) is 4.68. The highest BCUT2D eigenvalue weighted by Crippen LogP contribution is 2.10. The van der Waals surface area contributed by atoms with Gasteiger partial charge in [-0.1, -0.05) is 43.1 Å². The lowest BCUT2D eigenvalue weighted by molar-refractivity contribution is 0.0988. The number of ketones is 1. The number of nitrogens with two attached hydrogens (primary N) is 1. The fourth-order valence-corrected chi connectivity index (χ4v) is 1.45. The number of aryl methyl sites for hydroxylation is 1. The fraction of sp³-hybridized carbons (Fsp3) is 0.364. The predicted octanol–water partition coefficient (Wildman–Crippen LogP) is 2.35. The van der Waals surface area contributed by atoms with Crippen molar-refractivity contribution in [1.29, 1.82) is 0 Å². The summed E-state index contributed by atoms with van der Waals surface area (Å²) in [7, 11) is 0. The lowest BCUT2D eigenvalue weighted by Gasteiger charge is -2.04. The average molecular weight is 212 g/mol. The second-order valence-corrected chi connectivity index (χ2v) is 3.69. The SMILES string of the molecule is CCCc1cccc(C(=O)C(N)Cl)c1. The summed E-state index contributed by atoms with van der Waals surface area (Å²) in [4.78, 5) is 11.4. The Morgan fingerprint density at radius 1 is 1.57 bits per heavy atom. The Morgan fingerprint density at radius 2 is 2.29 bits per heavy atom. The highest BCUT2D eigenvalue weighted by atomic mass is 35.5. The molecule has 0 heterocycles.